The molecular formula is C21H17ClN4O. The number of rotatable bonds is 4. The van der Waals surface area contributed by atoms with Crippen LogP contribution in [0.25, 0.3) is 16.9 Å². The van der Waals surface area contributed by atoms with Crippen LogP contribution in [0.5, 0.6) is 0 Å². The van der Waals surface area contributed by atoms with E-state index < -0.39 is 0 Å². The van der Waals surface area contributed by atoms with Gasteiger partial charge in [0.25, 0.3) is 0 Å². The molecule has 27 heavy (non-hydrogen) atoms. The zero-order chi connectivity index (χ0) is 18.8. The normalized spacial score (nSPS) is 10.9. The average molecular weight is 377 g/mol. The standard InChI is InChI=1S/C21H17ClN4O/c1-14-9-10-23-18(12-14)24-20(27)13-17-21(15-5-7-16(22)8-6-15)25-19-4-2-3-11-26(17)19/h2-12H,13H2,1H3,(H,23,24,27). The summed E-state index contributed by atoms with van der Waals surface area (Å²) in [7, 11) is 0. The van der Waals surface area contributed by atoms with Crippen LogP contribution in [-0.2, 0) is 11.2 Å². The molecule has 6 heteroatoms. The van der Waals surface area contributed by atoms with E-state index in [1.54, 1.807) is 6.20 Å². The molecule has 0 radical (unpaired) electrons. The summed E-state index contributed by atoms with van der Waals surface area (Å²) in [6.07, 6.45) is 3.77. The van der Waals surface area contributed by atoms with Crippen molar-refractivity contribution in [2.75, 3.05) is 5.32 Å². The third-order valence-electron chi connectivity index (χ3n) is 4.26. The third-order valence-corrected chi connectivity index (χ3v) is 4.51. The Hall–Kier alpha value is -3.18. The minimum absolute atomic E-state index is 0.144. The van der Waals surface area contributed by atoms with Crippen molar-refractivity contribution in [1.82, 2.24) is 14.4 Å². The van der Waals surface area contributed by atoms with Gasteiger partial charge in [-0.3, -0.25) is 4.79 Å². The molecule has 3 heterocycles. The van der Waals surface area contributed by atoms with Gasteiger partial charge in [0.1, 0.15) is 11.5 Å². The lowest BCUT2D eigenvalue weighted by atomic mass is 10.1. The first kappa shape index (κ1) is 17.2. The van der Waals surface area contributed by atoms with Gasteiger partial charge in [-0.2, -0.15) is 0 Å². The Morgan fingerprint density at radius 2 is 1.96 bits per heavy atom. The molecule has 1 amide bonds. The van der Waals surface area contributed by atoms with Gasteiger partial charge in [-0.15, -0.1) is 0 Å². The van der Waals surface area contributed by atoms with Crippen molar-refractivity contribution in [3.05, 3.63) is 83.3 Å². The first-order valence-corrected chi connectivity index (χ1v) is 8.92. The van der Waals surface area contributed by atoms with E-state index in [1.807, 2.05) is 72.1 Å². The maximum absolute atomic E-state index is 12.7. The van der Waals surface area contributed by atoms with Crippen LogP contribution in [0.15, 0.2) is 67.0 Å². The van der Waals surface area contributed by atoms with Crippen LogP contribution in [0, 0.1) is 6.92 Å². The Labute approximate surface area is 161 Å². The number of aryl methyl sites for hydroxylation is 1. The number of amides is 1. The lowest BCUT2D eigenvalue weighted by molar-refractivity contribution is -0.115. The van der Waals surface area contributed by atoms with Gasteiger partial charge in [0.2, 0.25) is 5.91 Å². The molecule has 0 spiro atoms. The molecule has 4 aromatic rings. The number of anilines is 1. The topological polar surface area (TPSA) is 59.3 Å². The maximum atomic E-state index is 12.7. The number of imidazole rings is 1. The first-order chi connectivity index (χ1) is 13.1. The molecule has 0 aliphatic rings. The predicted octanol–water partition coefficient (Wildman–Crippen LogP) is 4.54. The van der Waals surface area contributed by atoms with Gasteiger partial charge in [0, 0.05) is 23.0 Å². The van der Waals surface area contributed by atoms with E-state index in [0.717, 1.165) is 28.2 Å². The summed E-state index contributed by atoms with van der Waals surface area (Å²) >= 11 is 6.01. The summed E-state index contributed by atoms with van der Waals surface area (Å²) in [6, 6.07) is 17.0. The minimum atomic E-state index is -0.144. The molecule has 0 fully saturated rings. The number of aromatic nitrogens is 3. The van der Waals surface area contributed by atoms with E-state index >= 15 is 0 Å². The number of halogens is 1. The zero-order valence-electron chi connectivity index (χ0n) is 14.7. The highest BCUT2D eigenvalue weighted by Crippen LogP contribution is 2.26. The van der Waals surface area contributed by atoms with Gasteiger partial charge in [-0.1, -0.05) is 29.8 Å². The van der Waals surface area contributed by atoms with Crippen molar-refractivity contribution >= 4 is 29.0 Å². The van der Waals surface area contributed by atoms with Crippen molar-refractivity contribution in [3.63, 3.8) is 0 Å². The van der Waals surface area contributed by atoms with E-state index in [2.05, 4.69) is 10.3 Å². The molecule has 0 bridgehead atoms. The van der Waals surface area contributed by atoms with E-state index in [4.69, 9.17) is 16.6 Å². The summed E-state index contributed by atoms with van der Waals surface area (Å²) in [5.74, 6) is 0.399. The second-order valence-corrected chi connectivity index (χ2v) is 6.72. The lowest BCUT2D eigenvalue weighted by Crippen LogP contribution is -2.16. The number of benzene rings is 1. The van der Waals surface area contributed by atoms with Gasteiger partial charge < -0.3 is 9.72 Å². The molecule has 3 aromatic heterocycles. The van der Waals surface area contributed by atoms with Crippen LogP contribution in [-0.4, -0.2) is 20.3 Å². The van der Waals surface area contributed by atoms with Crippen molar-refractivity contribution in [2.45, 2.75) is 13.3 Å². The highest BCUT2D eigenvalue weighted by Gasteiger charge is 2.17. The highest BCUT2D eigenvalue weighted by atomic mass is 35.5. The smallest absolute Gasteiger partial charge is 0.231 e. The molecule has 0 saturated heterocycles. The quantitative estimate of drug-likeness (QED) is 0.568. The third kappa shape index (κ3) is 3.68. The van der Waals surface area contributed by atoms with Crippen molar-refractivity contribution in [2.24, 2.45) is 0 Å². The number of fused-ring (bicyclic) bond motifs is 1. The predicted molar refractivity (Wildman–Crippen MR) is 107 cm³/mol. The van der Waals surface area contributed by atoms with E-state index in [-0.39, 0.29) is 12.3 Å². The Morgan fingerprint density at radius 1 is 1.15 bits per heavy atom. The summed E-state index contributed by atoms with van der Waals surface area (Å²) in [5.41, 5.74) is 4.33. The molecule has 0 saturated carbocycles. The van der Waals surface area contributed by atoms with Crippen LogP contribution in [0.2, 0.25) is 5.02 Å². The Kier molecular flexibility index (Phi) is 4.60. The number of nitrogens with zero attached hydrogens (tertiary/aromatic N) is 3. The number of pyridine rings is 2. The molecule has 0 aliphatic heterocycles. The second-order valence-electron chi connectivity index (χ2n) is 6.29. The maximum Gasteiger partial charge on any atom is 0.231 e. The number of carbonyl (C=O) groups is 1. The number of hydrogen-bond acceptors (Lipinski definition) is 3. The molecule has 0 aliphatic carbocycles. The molecule has 4 rings (SSSR count). The summed E-state index contributed by atoms with van der Waals surface area (Å²) < 4.78 is 1.94. The molecule has 1 aromatic carbocycles. The summed E-state index contributed by atoms with van der Waals surface area (Å²) in [5, 5.41) is 3.52. The lowest BCUT2D eigenvalue weighted by Gasteiger charge is -2.07. The summed E-state index contributed by atoms with van der Waals surface area (Å²) in [4.78, 5) is 21.6. The van der Waals surface area contributed by atoms with E-state index in [0.29, 0.717) is 10.8 Å². The van der Waals surface area contributed by atoms with E-state index in [1.165, 1.54) is 0 Å². The molecule has 1 N–H and O–H groups in total. The molecule has 0 atom stereocenters. The number of nitrogens with one attached hydrogen (secondary N) is 1. The molecule has 134 valence electrons. The highest BCUT2D eigenvalue weighted by molar-refractivity contribution is 6.30. The molecular weight excluding hydrogens is 360 g/mol. The molecule has 5 nitrogen and oxygen atoms in total. The van der Waals surface area contributed by atoms with Gasteiger partial charge in [0.05, 0.1) is 17.8 Å². The van der Waals surface area contributed by atoms with Crippen LogP contribution < -0.4 is 5.32 Å². The Bertz CT molecular complexity index is 1120. The Balaban J connectivity index is 1.70. The van der Waals surface area contributed by atoms with Gasteiger partial charge in [-0.05, 0) is 48.9 Å². The van der Waals surface area contributed by atoms with Crippen molar-refractivity contribution in [3.8, 4) is 11.3 Å². The second kappa shape index (κ2) is 7.21. The fourth-order valence-corrected chi connectivity index (χ4v) is 3.12. The summed E-state index contributed by atoms with van der Waals surface area (Å²) in [6.45, 7) is 1.96. The van der Waals surface area contributed by atoms with Gasteiger partial charge in [0.15, 0.2) is 0 Å². The first-order valence-electron chi connectivity index (χ1n) is 8.54. The monoisotopic (exact) mass is 376 g/mol. The van der Waals surface area contributed by atoms with Crippen LogP contribution in [0.3, 0.4) is 0 Å². The van der Waals surface area contributed by atoms with Crippen molar-refractivity contribution < 1.29 is 4.79 Å². The Morgan fingerprint density at radius 3 is 2.74 bits per heavy atom. The minimum Gasteiger partial charge on any atom is -0.310 e. The fourth-order valence-electron chi connectivity index (χ4n) is 3.00. The zero-order valence-corrected chi connectivity index (χ0v) is 15.4. The van der Waals surface area contributed by atoms with Gasteiger partial charge >= 0.3 is 0 Å². The number of hydrogen-bond donors (Lipinski definition) is 1. The average Bonchev–Trinajstić information content (AvgIpc) is 3.01. The van der Waals surface area contributed by atoms with Crippen LogP contribution in [0.1, 0.15) is 11.3 Å². The SMILES string of the molecule is Cc1ccnc(NC(=O)Cc2c(-c3ccc(Cl)cc3)nc3ccccn23)c1. The van der Waals surface area contributed by atoms with Crippen LogP contribution in [0.4, 0.5) is 5.82 Å². The van der Waals surface area contributed by atoms with Crippen LogP contribution >= 0.6 is 11.6 Å². The number of carbonyl (C=O) groups excluding carboxylic acids is 1. The fraction of sp³-hybridized carbons (Fsp3) is 0.0952. The van der Waals surface area contributed by atoms with E-state index in [9.17, 15) is 4.79 Å². The van der Waals surface area contributed by atoms with Crippen molar-refractivity contribution in [1.29, 1.82) is 0 Å². The molecule has 0 unspecified atom stereocenters. The van der Waals surface area contributed by atoms with Gasteiger partial charge in [-0.25, -0.2) is 9.97 Å². The largest absolute Gasteiger partial charge is 0.310 e.